The van der Waals surface area contributed by atoms with Crippen LogP contribution in [-0.4, -0.2) is 24.8 Å². The number of nitrogens with one attached hydrogen (secondary N) is 2. The summed E-state index contributed by atoms with van der Waals surface area (Å²) in [7, 11) is 0. The molecule has 1 heterocycles. The Kier molecular flexibility index (Phi) is 3.34. The van der Waals surface area contributed by atoms with Gasteiger partial charge in [-0.25, -0.2) is 0 Å². The van der Waals surface area contributed by atoms with Crippen molar-refractivity contribution in [3.8, 4) is 0 Å². The third-order valence-corrected chi connectivity index (χ3v) is 1.93. The zero-order valence-corrected chi connectivity index (χ0v) is 5.76. The third kappa shape index (κ3) is 2.55. The first-order valence-corrected chi connectivity index (χ1v) is 4.15. The van der Waals surface area contributed by atoms with Crippen LogP contribution in [0.1, 0.15) is 6.42 Å². The maximum atomic E-state index is 3.31. The third-order valence-electron chi connectivity index (χ3n) is 1.12. The van der Waals surface area contributed by atoms with Crippen LogP contribution < -0.4 is 10.6 Å². The highest BCUT2D eigenvalue weighted by molar-refractivity contribution is 7.99. The van der Waals surface area contributed by atoms with Gasteiger partial charge in [-0.15, -0.1) is 11.8 Å². The van der Waals surface area contributed by atoms with Crippen LogP contribution in [0.2, 0.25) is 0 Å². The second-order valence-corrected chi connectivity index (χ2v) is 2.83. The van der Waals surface area contributed by atoms with Crippen molar-refractivity contribution in [1.29, 1.82) is 0 Å². The van der Waals surface area contributed by atoms with Crippen molar-refractivity contribution in [3.63, 3.8) is 0 Å². The lowest BCUT2D eigenvalue weighted by atomic mass is 10.4. The van der Waals surface area contributed by atoms with Gasteiger partial charge in [-0.3, -0.25) is 0 Å². The van der Waals surface area contributed by atoms with E-state index >= 15 is 0 Å². The van der Waals surface area contributed by atoms with Crippen molar-refractivity contribution in [2.45, 2.75) is 6.42 Å². The minimum atomic E-state index is 1.10. The molecule has 3 heteroatoms. The Bertz CT molecular complexity index is 34.4. The second-order valence-electron chi connectivity index (χ2n) is 1.85. The van der Waals surface area contributed by atoms with E-state index in [4.69, 9.17) is 0 Å². The Hall–Kier alpha value is 0.270. The number of thioether (sulfide) groups is 1. The van der Waals surface area contributed by atoms with Crippen LogP contribution in [0.3, 0.4) is 0 Å². The van der Waals surface area contributed by atoms with E-state index in [1.54, 1.807) is 0 Å². The van der Waals surface area contributed by atoms with Crippen LogP contribution in [0, 0.1) is 0 Å². The van der Waals surface area contributed by atoms with Crippen LogP contribution >= 0.6 is 11.8 Å². The van der Waals surface area contributed by atoms with Crippen molar-refractivity contribution in [3.05, 3.63) is 0 Å². The van der Waals surface area contributed by atoms with E-state index in [0.29, 0.717) is 0 Å². The summed E-state index contributed by atoms with van der Waals surface area (Å²) in [5.74, 6) is 2.21. The summed E-state index contributed by atoms with van der Waals surface area (Å²) < 4.78 is 0. The fourth-order valence-corrected chi connectivity index (χ4v) is 1.36. The van der Waals surface area contributed by atoms with Gasteiger partial charge in [0.2, 0.25) is 0 Å². The molecule has 0 aromatic heterocycles. The van der Waals surface area contributed by atoms with Gasteiger partial charge >= 0.3 is 0 Å². The van der Waals surface area contributed by atoms with Crippen LogP contribution in [0.5, 0.6) is 0 Å². The maximum absolute atomic E-state index is 3.31. The molecule has 0 saturated carbocycles. The predicted molar refractivity (Wildman–Crippen MR) is 37.9 cm³/mol. The van der Waals surface area contributed by atoms with Crippen LogP contribution in [0.25, 0.3) is 0 Å². The number of hydrogen-bond acceptors (Lipinski definition) is 3. The van der Waals surface area contributed by atoms with Crippen molar-refractivity contribution >= 4 is 11.8 Å². The zero-order valence-electron chi connectivity index (χ0n) is 4.94. The molecule has 1 aliphatic heterocycles. The lowest BCUT2D eigenvalue weighted by Gasteiger charge is -2.09. The fraction of sp³-hybridized carbons (Fsp3) is 1.00. The molecule has 2 nitrogen and oxygen atoms in total. The van der Waals surface area contributed by atoms with Gasteiger partial charge in [-0.05, 0) is 19.5 Å². The van der Waals surface area contributed by atoms with Gasteiger partial charge in [0.25, 0.3) is 0 Å². The molecule has 0 amide bonds. The summed E-state index contributed by atoms with van der Waals surface area (Å²) in [5, 5.41) is 6.62. The molecule has 0 radical (unpaired) electrons. The Balaban J connectivity index is 2.00. The largest absolute Gasteiger partial charge is 0.308 e. The molecule has 8 heavy (non-hydrogen) atoms. The lowest BCUT2D eigenvalue weighted by molar-refractivity contribution is 0.649. The molecule has 1 rings (SSSR count). The molecule has 1 fully saturated rings. The normalized spacial score (nSPS) is 24.0. The van der Waals surface area contributed by atoms with E-state index in [1.165, 1.54) is 19.5 Å². The highest BCUT2D eigenvalue weighted by Crippen LogP contribution is 1.94. The van der Waals surface area contributed by atoms with Gasteiger partial charge in [0.1, 0.15) is 0 Å². The maximum Gasteiger partial charge on any atom is 0.0430 e. The van der Waals surface area contributed by atoms with Crippen LogP contribution in [0.4, 0.5) is 0 Å². The highest BCUT2D eigenvalue weighted by atomic mass is 32.2. The van der Waals surface area contributed by atoms with E-state index in [1.807, 2.05) is 11.8 Å². The molecule has 0 aliphatic carbocycles. The smallest absolute Gasteiger partial charge is 0.0430 e. The molecule has 0 aromatic rings. The first kappa shape index (κ1) is 6.39. The summed E-state index contributed by atoms with van der Waals surface area (Å²) in [5.41, 5.74) is 0. The molecular weight excluding hydrogens is 120 g/mol. The second kappa shape index (κ2) is 4.18. The monoisotopic (exact) mass is 132 g/mol. The Morgan fingerprint density at radius 1 is 1.00 bits per heavy atom. The Morgan fingerprint density at radius 2 is 1.62 bits per heavy atom. The molecule has 0 bridgehead atoms. The first-order chi connectivity index (χ1) is 4.00. The highest BCUT2D eigenvalue weighted by Gasteiger charge is 1.92. The summed E-state index contributed by atoms with van der Waals surface area (Å²) in [6.45, 7) is 2.33. The topological polar surface area (TPSA) is 24.1 Å². The molecule has 0 atom stereocenters. The van der Waals surface area contributed by atoms with Crippen molar-refractivity contribution < 1.29 is 0 Å². The van der Waals surface area contributed by atoms with E-state index < -0.39 is 0 Å². The van der Waals surface area contributed by atoms with E-state index in [9.17, 15) is 0 Å². The van der Waals surface area contributed by atoms with Gasteiger partial charge in [-0.2, -0.15) is 0 Å². The Morgan fingerprint density at radius 3 is 2.25 bits per heavy atom. The molecule has 0 unspecified atom stereocenters. The van der Waals surface area contributed by atoms with E-state index in [0.717, 1.165) is 11.8 Å². The minimum absolute atomic E-state index is 1.10. The summed E-state index contributed by atoms with van der Waals surface area (Å²) in [6.07, 6.45) is 1.26. The summed E-state index contributed by atoms with van der Waals surface area (Å²) in [6, 6.07) is 0. The standard InChI is InChI=1S/C5H12N2S/c1-2-6-4-8-5-7-3-1/h6-7H,1-5H2. The number of hydrogen-bond donors (Lipinski definition) is 2. The van der Waals surface area contributed by atoms with E-state index in [-0.39, 0.29) is 0 Å². The van der Waals surface area contributed by atoms with Gasteiger partial charge in [0.15, 0.2) is 0 Å². The quantitative estimate of drug-likeness (QED) is 0.493. The van der Waals surface area contributed by atoms with Gasteiger partial charge in [0, 0.05) is 11.8 Å². The van der Waals surface area contributed by atoms with E-state index in [2.05, 4.69) is 10.6 Å². The molecule has 2 N–H and O–H groups in total. The number of rotatable bonds is 0. The summed E-state index contributed by atoms with van der Waals surface area (Å²) >= 11 is 1.91. The molecule has 1 aliphatic rings. The van der Waals surface area contributed by atoms with Gasteiger partial charge in [0.05, 0.1) is 0 Å². The van der Waals surface area contributed by atoms with Crippen molar-refractivity contribution in [2.24, 2.45) is 0 Å². The van der Waals surface area contributed by atoms with Crippen LogP contribution in [-0.2, 0) is 0 Å². The van der Waals surface area contributed by atoms with Gasteiger partial charge in [-0.1, -0.05) is 0 Å². The molecule has 0 aromatic carbocycles. The first-order valence-electron chi connectivity index (χ1n) is 2.99. The summed E-state index contributed by atoms with van der Waals surface area (Å²) in [4.78, 5) is 0. The van der Waals surface area contributed by atoms with Crippen LogP contribution in [0.15, 0.2) is 0 Å². The average Bonchev–Trinajstić information content (AvgIpc) is 1.62. The average molecular weight is 132 g/mol. The molecule has 0 spiro atoms. The predicted octanol–water partition coefficient (Wildman–Crippen LogP) is 0.217. The van der Waals surface area contributed by atoms with Crippen molar-refractivity contribution in [1.82, 2.24) is 10.6 Å². The molecular formula is C5H12N2S. The zero-order chi connectivity index (χ0) is 5.66. The molecule has 1 saturated heterocycles. The molecule has 48 valence electrons. The SMILES string of the molecule is C1CNCSCNC1. The lowest BCUT2D eigenvalue weighted by Crippen LogP contribution is -2.26. The Labute approximate surface area is 54.4 Å². The fourth-order valence-electron chi connectivity index (χ4n) is 0.678. The minimum Gasteiger partial charge on any atom is -0.308 e. The van der Waals surface area contributed by atoms with Crippen molar-refractivity contribution in [2.75, 3.05) is 24.8 Å². The van der Waals surface area contributed by atoms with Gasteiger partial charge < -0.3 is 10.6 Å².